The summed E-state index contributed by atoms with van der Waals surface area (Å²) in [6, 6.07) is 10.8. The Kier molecular flexibility index (Phi) is 5.62. The Morgan fingerprint density at radius 2 is 2.10 bits per heavy atom. The molecule has 0 unspecified atom stereocenters. The Bertz CT molecular complexity index is 972. The summed E-state index contributed by atoms with van der Waals surface area (Å²) < 4.78 is 6.02. The fraction of sp³-hybridized carbons (Fsp3) is 0.238. The van der Waals surface area contributed by atoms with Crippen molar-refractivity contribution in [1.29, 1.82) is 0 Å². The molecule has 1 aliphatic rings. The van der Waals surface area contributed by atoms with E-state index >= 15 is 0 Å². The third kappa shape index (κ3) is 4.67. The lowest BCUT2D eigenvalue weighted by Crippen LogP contribution is -2.29. The van der Waals surface area contributed by atoms with Crippen molar-refractivity contribution in [2.75, 3.05) is 18.4 Å². The van der Waals surface area contributed by atoms with Gasteiger partial charge >= 0.3 is 0 Å². The Balaban J connectivity index is 1.60. The molecule has 2 aromatic heterocycles. The second-order valence-electron chi connectivity index (χ2n) is 6.82. The lowest BCUT2D eigenvalue weighted by atomic mass is 10.2. The van der Waals surface area contributed by atoms with Crippen LogP contribution in [0, 0.1) is 0 Å². The molecule has 1 aromatic carbocycles. The molecule has 1 aliphatic heterocycles. The Hall–Kier alpha value is -3.52. The van der Waals surface area contributed by atoms with Gasteiger partial charge in [-0.1, -0.05) is 0 Å². The van der Waals surface area contributed by atoms with Crippen molar-refractivity contribution in [2.24, 2.45) is 5.73 Å². The minimum atomic E-state index is -0.483. The average Bonchev–Trinajstić information content (AvgIpc) is 3.27. The first-order valence-electron chi connectivity index (χ1n) is 9.51. The molecule has 3 heterocycles. The third-order valence-corrected chi connectivity index (χ3v) is 4.73. The summed E-state index contributed by atoms with van der Waals surface area (Å²) in [5.41, 5.74) is 7.22. The first-order valence-corrected chi connectivity index (χ1v) is 9.51. The maximum absolute atomic E-state index is 11.3. The van der Waals surface area contributed by atoms with Gasteiger partial charge in [-0.15, -0.1) is 0 Å². The summed E-state index contributed by atoms with van der Waals surface area (Å²) >= 11 is 0. The van der Waals surface area contributed by atoms with Gasteiger partial charge in [-0.3, -0.25) is 9.78 Å². The van der Waals surface area contributed by atoms with Crippen LogP contribution >= 0.6 is 0 Å². The van der Waals surface area contributed by atoms with E-state index in [-0.39, 0.29) is 0 Å². The molecular formula is C21H22N6O2. The number of amides is 1. The number of rotatable bonds is 7. The van der Waals surface area contributed by atoms with Crippen LogP contribution in [0.5, 0.6) is 11.6 Å². The first kappa shape index (κ1) is 18.8. The number of nitrogens with one attached hydrogen (secondary N) is 2. The van der Waals surface area contributed by atoms with Gasteiger partial charge in [-0.05, 0) is 55.8 Å². The van der Waals surface area contributed by atoms with Gasteiger partial charge in [0.1, 0.15) is 11.4 Å². The highest BCUT2D eigenvalue weighted by molar-refractivity contribution is 5.92. The number of aromatic nitrogens is 3. The number of benzene rings is 1. The summed E-state index contributed by atoms with van der Waals surface area (Å²) in [4.78, 5) is 24.5. The molecule has 8 heteroatoms. The van der Waals surface area contributed by atoms with Crippen LogP contribution < -0.4 is 21.1 Å². The van der Waals surface area contributed by atoms with Crippen molar-refractivity contribution in [3.63, 3.8) is 0 Å². The van der Waals surface area contributed by atoms with E-state index in [2.05, 4.69) is 25.6 Å². The van der Waals surface area contributed by atoms with Gasteiger partial charge in [0.05, 0.1) is 6.20 Å². The summed E-state index contributed by atoms with van der Waals surface area (Å²) in [6.07, 6.45) is 7.43. The second-order valence-corrected chi connectivity index (χ2v) is 6.82. The lowest BCUT2D eigenvalue weighted by molar-refractivity contribution is 0.100. The normalized spacial score (nSPS) is 15.8. The number of pyridine rings is 1. The standard InChI is InChI=1S/C21H22N6O2/c22-19(28)14-5-7-17(8-6-14)29-21-18(25-12-16-4-2-10-24-16)13-26-20(27-21)15-3-1-9-23-11-15/h1,3,5-9,11,13,16,24-25H,2,4,10,12H2,(H2,22,28)/t16-/m0/s1. The maximum atomic E-state index is 11.3. The lowest BCUT2D eigenvalue weighted by Gasteiger charge is -2.16. The molecule has 4 rings (SSSR count). The van der Waals surface area contributed by atoms with Crippen molar-refractivity contribution in [1.82, 2.24) is 20.3 Å². The van der Waals surface area contributed by atoms with E-state index in [1.807, 2.05) is 12.1 Å². The van der Waals surface area contributed by atoms with Crippen molar-refractivity contribution in [3.8, 4) is 23.0 Å². The smallest absolute Gasteiger partial charge is 0.248 e. The van der Waals surface area contributed by atoms with Gasteiger partial charge in [-0.25, -0.2) is 4.98 Å². The van der Waals surface area contributed by atoms with E-state index in [0.29, 0.717) is 34.7 Å². The predicted octanol–water partition coefficient (Wildman–Crippen LogP) is 2.59. The van der Waals surface area contributed by atoms with E-state index in [0.717, 1.165) is 25.1 Å². The largest absolute Gasteiger partial charge is 0.437 e. The number of primary amides is 1. The van der Waals surface area contributed by atoms with Gasteiger partial charge in [0.2, 0.25) is 11.8 Å². The number of nitrogens with two attached hydrogens (primary N) is 1. The molecule has 0 radical (unpaired) electrons. The summed E-state index contributed by atoms with van der Waals surface area (Å²) in [5, 5.41) is 6.84. The SMILES string of the molecule is NC(=O)c1ccc(Oc2nc(-c3cccnc3)ncc2NC[C@@H]2CCCN2)cc1. The molecule has 4 N–H and O–H groups in total. The Morgan fingerprint density at radius 3 is 2.79 bits per heavy atom. The average molecular weight is 390 g/mol. The molecular weight excluding hydrogens is 368 g/mol. The number of carbonyl (C=O) groups is 1. The molecule has 1 atom stereocenters. The number of hydrogen-bond acceptors (Lipinski definition) is 7. The van der Waals surface area contributed by atoms with Gasteiger partial charge in [0, 0.05) is 36.1 Å². The van der Waals surface area contributed by atoms with Crippen LogP contribution in [0.4, 0.5) is 5.69 Å². The molecule has 148 valence electrons. The molecule has 0 spiro atoms. The van der Waals surface area contributed by atoms with Crippen molar-refractivity contribution in [2.45, 2.75) is 18.9 Å². The zero-order chi connectivity index (χ0) is 20.1. The van der Waals surface area contributed by atoms with Gasteiger partial charge in [0.25, 0.3) is 0 Å². The Labute approximate surface area is 168 Å². The number of anilines is 1. The van der Waals surface area contributed by atoms with Crippen LogP contribution in [-0.2, 0) is 0 Å². The quantitative estimate of drug-likeness (QED) is 0.568. The monoisotopic (exact) mass is 390 g/mol. The van der Waals surface area contributed by atoms with Crippen LogP contribution in [0.15, 0.2) is 55.0 Å². The second kappa shape index (κ2) is 8.66. The van der Waals surface area contributed by atoms with Crippen LogP contribution in [0.2, 0.25) is 0 Å². The molecule has 0 saturated carbocycles. The molecule has 1 amide bonds. The number of nitrogens with zero attached hydrogens (tertiary/aromatic N) is 3. The highest BCUT2D eigenvalue weighted by Crippen LogP contribution is 2.29. The molecule has 1 fully saturated rings. The molecule has 0 bridgehead atoms. The van der Waals surface area contributed by atoms with Crippen LogP contribution in [-0.4, -0.2) is 40.0 Å². The molecule has 0 aliphatic carbocycles. The van der Waals surface area contributed by atoms with Crippen LogP contribution in [0.25, 0.3) is 11.4 Å². The summed E-state index contributed by atoms with van der Waals surface area (Å²) in [6.45, 7) is 1.80. The van der Waals surface area contributed by atoms with Gasteiger partial charge in [0.15, 0.2) is 5.82 Å². The van der Waals surface area contributed by atoms with E-state index in [4.69, 9.17) is 10.5 Å². The molecule has 1 saturated heterocycles. The highest BCUT2D eigenvalue weighted by Gasteiger charge is 2.16. The van der Waals surface area contributed by atoms with Gasteiger partial charge < -0.3 is 21.1 Å². The molecule has 29 heavy (non-hydrogen) atoms. The molecule has 8 nitrogen and oxygen atoms in total. The zero-order valence-corrected chi connectivity index (χ0v) is 15.8. The molecule has 3 aromatic rings. The minimum Gasteiger partial charge on any atom is -0.437 e. The van der Waals surface area contributed by atoms with Crippen molar-refractivity contribution >= 4 is 11.6 Å². The topological polar surface area (TPSA) is 115 Å². The van der Waals surface area contributed by atoms with E-state index in [9.17, 15) is 4.79 Å². The van der Waals surface area contributed by atoms with Gasteiger partial charge in [-0.2, -0.15) is 4.98 Å². The summed E-state index contributed by atoms with van der Waals surface area (Å²) in [5.74, 6) is 0.992. The maximum Gasteiger partial charge on any atom is 0.248 e. The van der Waals surface area contributed by atoms with Crippen LogP contribution in [0.3, 0.4) is 0 Å². The Morgan fingerprint density at radius 1 is 1.24 bits per heavy atom. The van der Waals surface area contributed by atoms with E-state index in [1.165, 1.54) is 6.42 Å². The minimum absolute atomic E-state index is 0.406. The highest BCUT2D eigenvalue weighted by atomic mass is 16.5. The van der Waals surface area contributed by atoms with Crippen molar-refractivity contribution in [3.05, 3.63) is 60.6 Å². The van der Waals surface area contributed by atoms with Crippen molar-refractivity contribution < 1.29 is 9.53 Å². The zero-order valence-electron chi connectivity index (χ0n) is 15.8. The fourth-order valence-electron chi connectivity index (χ4n) is 3.16. The van der Waals surface area contributed by atoms with E-state index in [1.54, 1.807) is 42.9 Å². The predicted molar refractivity (Wildman–Crippen MR) is 110 cm³/mol. The first-order chi connectivity index (χ1) is 14.2. The number of carbonyl (C=O) groups excluding carboxylic acids is 1. The van der Waals surface area contributed by atoms with Crippen LogP contribution in [0.1, 0.15) is 23.2 Å². The number of hydrogen-bond donors (Lipinski definition) is 3. The van der Waals surface area contributed by atoms with E-state index < -0.39 is 5.91 Å². The fourth-order valence-corrected chi connectivity index (χ4v) is 3.16. The third-order valence-electron chi connectivity index (χ3n) is 4.73. The summed E-state index contributed by atoms with van der Waals surface area (Å²) in [7, 11) is 0. The number of ether oxygens (including phenoxy) is 1.